The van der Waals surface area contributed by atoms with Crippen LogP contribution in [0.15, 0.2) is 24.3 Å². The van der Waals surface area contributed by atoms with E-state index in [1.54, 1.807) is 0 Å². The second kappa shape index (κ2) is 4.54. The van der Waals surface area contributed by atoms with Crippen molar-refractivity contribution in [3.63, 3.8) is 0 Å². The summed E-state index contributed by atoms with van der Waals surface area (Å²) in [6, 6.07) is 10.5. The van der Waals surface area contributed by atoms with E-state index in [0.717, 1.165) is 18.5 Å². The maximum atomic E-state index is 8.87. The lowest BCUT2D eigenvalue weighted by Crippen LogP contribution is -2.42. The van der Waals surface area contributed by atoms with Crippen molar-refractivity contribution in [2.24, 2.45) is 5.73 Å². The Balaban J connectivity index is 2.20. The van der Waals surface area contributed by atoms with Crippen LogP contribution >= 0.6 is 0 Å². The Morgan fingerprint density at radius 3 is 2.88 bits per heavy atom. The van der Waals surface area contributed by atoms with Gasteiger partial charge in [-0.25, -0.2) is 0 Å². The van der Waals surface area contributed by atoms with Crippen LogP contribution < -0.4 is 10.6 Å². The molecule has 3 heteroatoms. The average Bonchev–Trinajstić information content (AvgIpc) is 2.74. The molecule has 1 aromatic rings. The highest BCUT2D eigenvalue weighted by molar-refractivity contribution is 5.52. The van der Waals surface area contributed by atoms with E-state index in [1.807, 2.05) is 24.3 Å². The third-order valence-corrected chi connectivity index (χ3v) is 3.41. The molecule has 2 unspecified atom stereocenters. The van der Waals surface area contributed by atoms with Gasteiger partial charge in [0.15, 0.2) is 0 Å². The van der Waals surface area contributed by atoms with Crippen molar-refractivity contribution in [1.82, 2.24) is 0 Å². The molecule has 0 amide bonds. The molecule has 0 radical (unpaired) electrons. The minimum Gasteiger partial charge on any atom is -0.370 e. The summed E-state index contributed by atoms with van der Waals surface area (Å²) in [7, 11) is 2.06. The first kappa shape index (κ1) is 11.0. The van der Waals surface area contributed by atoms with Crippen molar-refractivity contribution in [2.75, 3.05) is 11.9 Å². The predicted octanol–water partition coefficient (Wildman–Crippen LogP) is 1.87. The Morgan fingerprint density at radius 1 is 1.44 bits per heavy atom. The summed E-state index contributed by atoms with van der Waals surface area (Å²) in [6.07, 6.45) is 3.45. The second-order valence-electron chi connectivity index (χ2n) is 4.44. The highest BCUT2D eigenvalue weighted by atomic mass is 15.2. The van der Waals surface area contributed by atoms with Crippen molar-refractivity contribution in [2.45, 2.75) is 31.3 Å². The van der Waals surface area contributed by atoms with Crippen LogP contribution in [0.4, 0.5) is 5.69 Å². The van der Waals surface area contributed by atoms with Crippen LogP contribution in [-0.4, -0.2) is 19.1 Å². The quantitative estimate of drug-likeness (QED) is 0.819. The van der Waals surface area contributed by atoms with Crippen molar-refractivity contribution in [3.05, 3.63) is 29.8 Å². The van der Waals surface area contributed by atoms with Gasteiger partial charge in [0.2, 0.25) is 0 Å². The van der Waals surface area contributed by atoms with Gasteiger partial charge in [-0.3, -0.25) is 0 Å². The molecule has 0 aliphatic heterocycles. The third kappa shape index (κ3) is 2.02. The fourth-order valence-corrected chi connectivity index (χ4v) is 2.44. The Kier molecular flexibility index (Phi) is 3.12. The molecule has 1 aromatic carbocycles. The van der Waals surface area contributed by atoms with Crippen LogP contribution in [0.2, 0.25) is 0 Å². The first-order chi connectivity index (χ1) is 7.72. The molecule has 1 saturated carbocycles. The highest BCUT2D eigenvalue weighted by Gasteiger charge is 2.27. The Labute approximate surface area is 96.5 Å². The topological polar surface area (TPSA) is 53.0 Å². The van der Waals surface area contributed by atoms with Crippen LogP contribution in [0.1, 0.15) is 24.8 Å². The molecule has 84 valence electrons. The zero-order valence-corrected chi connectivity index (χ0v) is 9.56. The summed E-state index contributed by atoms with van der Waals surface area (Å²) < 4.78 is 0. The van der Waals surface area contributed by atoms with Crippen molar-refractivity contribution >= 4 is 5.69 Å². The van der Waals surface area contributed by atoms with Crippen LogP contribution in [0.25, 0.3) is 0 Å². The first-order valence-corrected chi connectivity index (χ1v) is 5.71. The van der Waals surface area contributed by atoms with Crippen LogP contribution in [0.5, 0.6) is 0 Å². The normalized spacial score (nSPS) is 24.1. The molecule has 2 N–H and O–H groups in total. The summed E-state index contributed by atoms with van der Waals surface area (Å²) in [4.78, 5) is 2.21. The number of benzene rings is 1. The average molecular weight is 215 g/mol. The molecule has 1 aliphatic rings. The zero-order valence-electron chi connectivity index (χ0n) is 9.56. The summed E-state index contributed by atoms with van der Waals surface area (Å²) in [5.41, 5.74) is 7.87. The number of nitrogens with zero attached hydrogens (tertiary/aromatic N) is 2. The van der Waals surface area contributed by atoms with E-state index in [0.29, 0.717) is 11.6 Å². The number of anilines is 1. The smallest absolute Gasteiger partial charge is 0.0992 e. The van der Waals surface area contributed by atoms with Gasteiger partial charge in [-0.05, 0) is 37.5 Å². The fourth-order valence-electron chi connectivity index (χ4n) is 2.44. The van der Waals surface area contributed by atoms with E-state index >= 15 is 0 Å². The lowest BCUT2D eigenvalue weighted by molar-refractivity contribution is 0.572. The maximum absolute atomic E-state index is 8.87. The molecule has 0 aromatic heterocycles. The van der Waals surface area contributed by atoms with Gasteiger partial charge in [-0.1, -0.05) is 6.07 Å². The molecule has 16 heavy (non-hydrogen) atoms. The number of nitriles is 1. The Morgan fingerprint density at radius 2 is 2.25 bits per heavy atom. The third-order valence-electron chi connectivity index (χ3n) is 3.41. The molecule has 0 bridgehead atoms. The molecule has 1 aliphatic carbocycles. The SMILES string of the molecule is CN(c1cccc(C#N)c1)C1CCCC1N. The summed E-state index contributed by atoms with van der Waals surface area (Å²) in [6.45, 7) is 0. The Hall–Kier alpha value is -1.53. The van der Waals surface area contributed by atoms with E-state index in [1.165, 1.54) is 6.42 Å². The van der Waals surface area contributed by atoms with Gasteiger partial charge in [0.05, 0.1) is 11.6 Å². The molecule has 0 heterocycles. The molecule has 3 nitrogen and oxygen atoms in total. The molecule has 2 rings (SSSR count). The summed E-state index contributed by atoms with van der Waals surface area (Å²) in [5, 5.41) is 8.87. The van der Waals surface area contributed by atoms with Gasteiger partial charge in [-0.2, -0.15) is 5.26 Å². The van der Waals surface area contributed by atoms with Crippen molar-refractivity contribution in [1.29, 1.82) is 5.26 Å². The molecule has 2 atom stereocenters. The summed E-state index contributed by atoms with van der Waals surface area (Å²) >= 11 is 0. The number of hydrogen-bond donors (Lipinski definition) is 1. The molecule has 0 spiro atoms. The maximum Gasteiger partial charge on any atom is 0.0992 e. The van der Waals surface area contributed by atoms with Crippen molar-refractivity contribution in [3.8, 4) is 6.07 Å². The van der Waals surface area contributed by atoms with Gasteiger partial charge in [0, 0.05) is 24.8 Å². The van der Waals surface area contributed by atoms with Crippen molar-refractivity contribution < 1.29 is 0 Å². The molecule has 0 saturated heterocycles. The monoisotopic (exact) mass is 215 g/mol. The lowest BCUT2D eigenvalue weighted by atomic mass is 10.1. The van der Waals surface area contributed by atoms with E-state index in [4.69, 9.17) is 11.0 Å². The van der Waals surface area contributed by atoms with Gasteiger partial charge in [0.25, 0.3) is 0 Å². The largest absolute Gasteiger partial charge is 0.370 e. The fraction of sp³-hybridized carbons (Fsp3) is 0.462. The zero-order chi connectivity index (χ0) is 11.5. The number of rotatable bonds is 2. The molecule has 1 fully saturated rings. The lowest BCUT2D eigenvalue weighted by Gasteiger charge is -2.29. The van der Waals surface area contributed by atoms with Gasteiger partial charge in [0.1, 0.15) is 0 Å². The van der Waals surface area contributed by atoms with Crippen LogP contribution in [0, 0.1) is 11.3 Å². The van der Waals surface area contributed by atoms with Gasteiger partial charge in [-0.15, -0.1) is 0 Å². The number of likely N-dealkylation sites (N-methyl/N-ethyl adjacent to an activating group) is 1. The molecular weight excluding hydrogens is 198 g/mol. The number of nitrogens with two attached hydrogens (primary N) is 1. The van der Waals surface area contributed by atoms with Crippen LogP contribution in [-0.2, 0) is 0 Å². The van der Waals surface area contributed by atoms with Gasteiger partial charge >= 0.3 is 0 Å². The van der Waals surface area contributed by atoms with E-state index < -0.39 is 0 Å². The van der Waals surface area contributed by atoms with Crippen LogP contribution in [0.3, 0.4) is 0 Å². The second-order valence-corrected chi connectivity index (χ2v) is 4.44. The first-order valence-electron chi connectivity index (χ1n) is 5.71. The minimum absolute atomic E-state index is 0.260. The van der Waals surface area contributed by atoms with E-state index in [9.17, 15) is 0 Å². The van der Waals surface area contributed by atoms with Gasteiger partial charge < -0.3 is 10.6 Å². The van der Waals surface area contributed by atoms with E-state index in [-0.39, 0.29) is 6.04 Å². The summed E-state index contributed by atoms with van der Waals surface area (Å²) in [5.74, 6) is 0. The predicted molar refractivity (Wildman–Crippen MR) is 65.2 cm³/mol. The Bertz CT molecular complexity index is 408. The molecular formula is C13H17N3. The minimum atomic E-state index is 0.260. The standard InChI is InChI=1S/C13H17N3/c1-16(13-7-3-6-12(13)15)11-5-2-4-10(8-11)9-14/h2,4-5,8,12-13H,3,6-7,15H2,1H3. The number of hydrogen-bond acceptors (Lipinski definition) is 3. The van der Waals surface area contributed by atoms with E-state index in [2.05, 4.69) is 18.0 Å². The highest BCUT2D eigenvalue weighted by Crippen LogP contribution is 2.26.